The van der Waals surface area contributed by atoms with E-state index >= 15 is 0 Å². The van der Waals surface area contributed by atoms with Crippen molar-refractivity contribution in [1.82, 2.24) is 15.6 Å². The van der Waals surface area contributed by atoms with Gasteiger partial charge in [0.15, 0.2) is 5.96 Å². The fourth-order valence-corrected chi connectivity index (χ4v) is 3.24. The quantitative estimate of drug-likeness (QED) is 0.374. The van der Waals surface area contributed by atoms with Crippen molar-refractivity contribution in [3.63, 3.8) is 0 Å². The highest BCUT2D eigenvalue weighted by Crippen LogP contribution is 2.33. The van der Waals surface area contributed by atoms with E-state index < -0.39 is 0 Å². The maximum atomic E-state index is 6.16. The highest BCUT2D eigenvalue weighted by atomic mass is 127. The normalized spacial score (nSPS) is 16.6. The summed E-state index contributed by atoms with van der Waals surface area (Å²) in [5.41, 5.74) is 2.01. The van der Waals surface area contributed by atoms with Crippen LogP contribution in [0.4, 0.5) is 5.69 Å². The smallest absolute Gasteiger partial charge is 0.191 e. The Morgan fingerprint density at radius 2 is 2.22 bits per heavy atom. The van der Waals surface area contributed by atoms with E-state index in [4.69, 9.17) is 16.3 Å². The molecule has 8 heteroatoms. The molecule has 1 aliphatic heterocycles. The number of benzene rings is 1. The van der Waals surface area contributed by atoms with Crippen LogP contribution < -0.4 is 20.3 Å². The van der Waals surface area contributed by atoms with Gasteiger partial charge in [0.2, 0.25) is 0 Å². The lowest BCUT2D eigenvalue weighted by molar-refractivity contribution is 0.415. The van der Waals surface area contributed by atoms with Crippen LogP contribution in [-0.4, -0.2) is 44.2 Å². The third kappa shape index (κ3) is 5.87. The van der Waals surface area contributed by atoms with Gasteiger partial charge in [-0.15, -0.1) is 24.0 Å². The summed E-state index contributed by atoms with van der Waals surface area (Å²) in [6.07, 6.45) is 2.81. The third-order valence-electron chi connectivity index (χ3n) is 4.40. The number of ether oxygens (including phenoxy) is 1. The Labute approximate surface area is 182 Å². The van der Waals surface area contributed by atoms with E-state index in [0.717, 1.165) is 42.6 Å². The van der Waals surface area contributed by atoms with E-state index in [1.165, 1.54) is 0 Å². The SMILES string of the molecule is CN=C(NCc1ccccn1)NC1CCN(c2cc(Cl)ccc2OC)C1.I. The molecule has 0 bridgehead atoms. The van der Waals surface area contributed by atoms with Gasteiger partial charge in [0.05, 0.1) is 25.0 Å². The Morgan fingerprint density at radius 1 is 1.37 bits per heavy atom. The van der Waals surface area contributed by atoms with Crippen molar-refractivity contribution >= 4 is 47.2 Å². The first-order valence-corrected chi connectivity index (χ1v) is 9.03. The maximum Gasteiger partial charge on any atom is 0.191 e. The van der Waals surface area contributed by atoms with Crippen LogP contribution in [0.15, 0.2) is 47.6 Å². The zero-order valence-electron chi connectivity index (χ0n) is 15.5. The molecule has 0 aliphatic carbocycles. The first-order chi connectivity index (χ1) is 12.7. The molecule has 1 aromatic carbocycles. The van der Waals surface area contributed by atoms with Gasteiger partial charge in [0, 0.05) is 37.4 Å². The average Bonchev–Trinajstić information content (AvgIpc) is 3.14. The second kappa shape index (κ2) is 10.6. The van der Waals surface area contributed by atoms with Crippen LogP contribution in [0.5, 0.6) is 5.75 Å². The zero-order valence-corrected chi connectivity index (χ0v) is 18.6. The molecular formula is C19H25ClIN5O. The van der Waals surface area contributed by atoms with Crippen molar-refractivity contribution in [3.05, 3.63) is 53.3 Å². The Kier molecular flexibility index (Phi) is 8.43. The molecule has 1 unspecified atom stereocenters. The number of guanidine groups is 1. The summed E-state index contributed by atoms with van der Waals surface area (Å²) in [5.74, 6) is 1.62. The number of nitrogens with zero attached hydrogens (tertiary/aromatic N) is 3. The van der Waals surface area contributed by atoms with Crippen LogP contribution in [0.2, 0.25) is 5.02 Å². The number of aliphatic imine (C=N–C) groups is 1. The number of methoxy groups -OCH3 is 1. The summed E-state index contributed by atoms with van der Waals surface area (Å²) < 4.78 is 5.47. The molecule has 0 radical (unpaired) electrons. The van der Waals surface area contributed by atoms with Gasteiger partial charge in [-0.1, -0.05) is 17.7 Å². The number of hydrogen-bond acceptors (Lipinski definition) is 4. The lowest BCUT2D eigenvalue weighted by Crippen LogP contribution is -2.44. The highest BCUT2D eigenvalue weighted by Gasteiger charge is 2.25. The van der Waals surface area contributed by atoms with Crippen molar-refractivity contribution in [2.75, 3.05) is 32.1 Å². The summed E-state index contributed by atoms with van der Waals surface area (Å²) in [5, 5.41) is 7.51. The maximum absolute atomic E-state index is 6.16. The molecule has 0 amide bonds. The molecule has 0 spiro atoms. The second-order valence-corrected chi connectivity index (χ2v) is 6.58. The number of nitrogens with one attached hydrogen (secondary N) is 2. The summed E-state index contributed by atoms with van der Waals surface area (Å²) >= 11 is 6.16. The average molecular weight is 502 g/mol. The standard InChI is InChI=1S/C19H24ClN5O.HI/c1-21-19(23-12-15-5-3-4-9-22-15)24-16-8-10-25(13-16)17-11-14(20)6-7-18(17)26-2;/h3-7,9,11,16H,8,10,12-13H2,1-2H3,(H2,21,23,24);1H. The van der Waals surface area contributed by atoms with E-state index in [0.29, 0.717) is 17.6 Å². The molecule has 1 aromatic heterocycles. The van der Waals surface area contributed by atoms with Gasteiger partial charge in [-0.2, -0.15) is 0 Å². The van der Waals surface area contributed by atoms with Gasteiger partial charge in [0.1, 0.15) is 5.75 Å². The van der Waals surface area contributed by atoms with Crippen LogP contribution in [0.25, 0.3) is 0 Å². The molecule has 1 fully saturated rings. The monoisotopic (exact) mass is 501 g/mol. The number of pyridine rings is 1. The van der Waals surface area contributed by atoms with Crippen LogP contribution in [-0.2, 0) is 6.54 Å². The van der Waals surface area contributed by atoms with Gasteiger partial charge in [-0.05, 0) is 36.8 Å². The molecule has 2 heterocycles. The number of aromatic nitrogens is 1. The molecule has 2 N–H and O–H groups in total. The predicted octanol–water partition coefficient (Wildman–Crippen LogP) is 3.31. The van der Waals surface area contributed by atoms with Crippen LogP contribution in [0.1, 0.15) is 12.1 Å². The van der Waals surface area contributed by atoms with E-state index in [2.05, 4.69) is 25.5 Å². The zero-order chi connectivity index (χ0) is 18.4. The minimum absolute atomic E-state index is 0. The van der Waals surface area contributed by atoms with Gasteiger partial charge in [-0.25, -0.2) is 0 Å². The molecular weight excluding hydrogens is 477 g/mol. The minimum Gasteiger partial charge on any atom is -0.495 e. The summed E-state index contributed by atoms with van der Waals surface area (Å²) in [6, 6.07) is 11.9. The van der Waals surface area contributed by atoms with Crippen molar-refractivity contribution < 1.29 is 4.74 Å². The molecule has 0 saturated carbocycles. The molecule has 1 atom stereocenters. The Hall–Kier alpha value is -1.74. The molecule has 2 aromatic rings. The Balaban J connectivity index is 0.00000261. The second-order valence-electron chi connectivity index (χ2n) is 6.14. The molecule has 1 aliphatic rings. The highest BCUT2D eigenvalue weighted by molar-refractivity contribution is 14.0. The first kappa shape index (κ1) is 21.6. The van der Waals surface area contributed by atoms with Crippen LogP contribution >= 0.6 is 35.6 Å². The fourth-order valence-electron chi connectivity index (χ4n) is 3.07. The van der Waals surface area contributed by atoms with Crippen molar-refractivity contribution in [3.8, 4) is 5.75 Å². The molecule has 3 rings (SSSR count). The number of anilines is 1. The van der Waals surface area contributed by atoms with E-state index in [9.17, 15) is 0 Å². The van der Waals surface area contributed by atoms with E-state index in [1.807, 2.05) is 36.4 Å². The molecule has 6 nitrogen and oxygen atoms in total. The number of hydrogen-bond donors (Lipinski definition) is 2. The van der Waals surface area contributed by atoms with E-state index in [-0.39, 0.29) is 24.0 Å². The van der Waals surface area contributed by atoms with Crippen LogP contribution in [0, 0.1) is 0 Å². The number of rotatable bonds is 5. The fraction of sp³-hybridized carbons (Fsp3) is 0.368. The third-order valence-corrected chi connectivity index (χ3v) is 4.63. The largest absolute Gasteiger partial charge is 0.495 e. The molecule has 27 heavy (non-hydrogen) atoms. The number of halogens is 2. The van der Waals surface area contributed by atoms with Crippen molar-refractivity contribution in [2.24, 2.45) is 4.99 Å². The Morgan fingerprint density at radius 3 is 2.93 bits per heavy atom. The van der Waals surface area contributed by atoms with E-state index in [1.54, 1.807) is 20.4 Å². The lowest BCUT2D eigenvalue weighted by Gasteiger charge is -2.22. The predicted molar refractivity (Wildman–Crippen MR) is 122 cm³/mol. The topological polar surface area (TPSA) is 61.8 Å². The van der Waals surface area contributed by atoms with Gasteiger partial charge in [-0.3, -0.25) is 9.98 Å². The van der Waals surface area contributed by atoms with Gasteiger partial charge < -0.3 is 20.3 Å². The summed E-state index contributed by atoms with van der Waals surface area (Å²) in [7, 11) is 3.46. The van der Waals surface area contributed by atoms with Crippen molar-refractivity contribution in [2.45, 2.75) is 19.0 Å². The molecule has 1 saturated heterocycles. The van der Waals surface area contributed by atoms with Crippen molar-refractivity contribution in [1.29, 1.82) is 0 Å². The van der Waals surface area contributed by atoms with Gasteiger partial charge >= 0.3 is 0 Å². The van der Waals surface area contributed by atoms with Gasteiger partial charge in [0.25, 0.3) is 0 Å². The summed E-state index contributed by atoms with van der Waals surface area (Å²) in [4.78, 5) is 10.9. The summed E-state index contributed by atoms with van der Waals surface area (Å²) in [6.45, 7) is 2.44. The Bertz CT molecular complexity index is 759. The van der Waals surface area contributed by atoms with Crippen LogP contribution in [0.3, 0.4) is 0 Å². The minimum atomic E-state index is 0. The lowest BCUT2D eigenvalue weighted by atomic mass is 10.2. The molecule has 146 valence electrons. The first-order valence-electron chi connectivity index (χ1n) is 8.65.